The first kappa shape index (κ1) is 13.2. The van der Waals surface area contributed by atoms with Gasteiger partial charge in [0.25, 0.3) is 0 Å². The molecule has 0 heterocycles. The molecule has 0 aliphatic heterocycles. The lowest BCUT2D eigenvalue weighted by atomic mass is 10.2. The first-order chi connectivity index (χ1) is 6.52. The Morgan fingerprint density at radius 3 is 2.43 bits per heavy atom. The van der Waals surface area contributed by atoms with Crippen LogP contribution in [0.5, 0.6) is 0 Å². The smallest absolute Gasteiger partial charge is 0.0408 e. The van der Waals surface area contributed by atoms with Crippen molar-refractivity contribution in [3.63, 3.8) is 0 Å². The van der Waals surface area contributed by atoms with Crippen molar-refractivity contribution in [3.8, 4) is 0 Å². The Balaban J connectivity index is 3.64. The van der Waals surface area contributed by atoms with Gasteiger partial charge in [0.15, 0.2) is 0 Å². The molecule has 0 saturated carbocycles. The highest BCUT2D eigenvalue weighted by atomic mass is 14.9. The molecule has 0 aromatic heterocycles. The van der Waals surface area contributed by atoms with Crippen LogP contribution < -0.4 is 5.32 Å². The van der Waals surface area contributed by atoms with Crippen molar-refractivity contribution in [1.82, 2.24) is 5.32 Å². The fourth-order valence-electron chi connectivity index (χ4n) is 1.10. The summed E-state index contributed by atoms with van der Waals surface area (Å²) in [6.45, 7) is 11.7. The fourth-order valence-corrected chi connectivity index (χ4v) is 1.10. The number of hydrogen-bond donors (Lipinski definition) is 1. The van der Waals surface area contributed by atoms with Crippen LogP contribution in [0.2, 0.25) is 0 Å². The average molecular weight is 196 g/mol. The summed E-state index contributed by atoms with van der Waals surface area (Å²) < 4.78 is 0. The minimum atomic E-state index is 0.513. The van der Waals surface area contributed by atoms with E-state index < -0.39 is 0 Å². The van der Waals surface area contributed by atoms with E-state index in [4.69, 9.17) is 0 Å². The van der Waals surface area contributed by atoms with Crippen molar-refractivity contribution < 1.29 is 0 Å². The number of nitrogens with zero attached hydrogens (tertiary/aromatic N) is 1. The zero-order valence-electron chi connectivity index (χ0n) is 10.2. The molecule has 14 heavy (non-hydrogen) atoms. The van der Waals surface area contributed by atoms with Crippen molar-refractivity contribution in [3.05, 3.63) is 11.8 Å². The summed E-state index contributed by atoms with van der Waals surface area (Å²) in [6.07, 6.45) is 5.09. The van der Waals surface area contributed by atoms with E-state index in [1.54, 1.807) is 0 Å². The highest BCUT2D eigenvalue weighted by Gasteiger charge is 1.91. The molecule has 0 bridgehead atoms. The van der Waals surface area contributed by atoms with Gasteiger partial charge < -0.3 is 5.32 Å². The van der Waals surface area contributed by atoms with Crippen LogP contribution in [-0.4, -0.2) is 18.8 Å². The quantitative estimate of drug-likeness (QED) is 0.649. The summed E-state index contributed by atoms with van der Waals surface area (Å²) in [6, 6.07) is 0.513. The molecule has 0 radical (unpaired) electrons. The average Bonchev–Trinajstić information content (AvgIpc) is 2.01. The third-order valence-corrected chi connectivity index (χ3v) is 1.65. The highest BCUT2D eigenvalue weighted by molar-refractivity contribution is 5.59. The van der Waals surface area contributed by atoms with Gasteiger partial charge in [0.1, 0.15) is 0 Å². The monoisotopic (exact) mass is 196 g/mol. The van der Waals surface area contributed by atoms with E-state index in [1.165, 1.54) is 5.70 Å². The summed E-state index contributed by atoms with van der Waals surface area (Å²) in [4.78, 5) is 4.32. The Hall–Kier alpha value is -0.790. The van der Waals surface area contributed by atoms with Crippen LogP contribution in [0.4, 0.5) is 0 Å². The molecule has 0 aliphatic rings. The predicted molar refractivity (Wildman–Crippen MR) is 64.8 cm³/mol. The molecule has 0 spiro atoms. The SMILES string of the molecule is CC(=CCC=NCC(C)C)NC(C)C. The van der Waals surface area contributed by atoms with Crippen LogP contribution in [0, 0.1) is 5.92 Å². The molecule has 2 nitrogen and oxygen atoms in total. The molecule has 0 aromatic rings. The van der Waals surface area contributed by atoms with Crippen LogP contribution in [0.1, 0.15) is 41.0 Å². The molecule has 0 fully saturated rings. The largest absolute Gasteiger partial charge is 0.387 e. The molecule has 0 unspecified atom stereocenters. The van der Waals surface area contributed by atoms with Crippen molar-refractivity contribution in [2.45, 2.75) is 47.1 Å². The molecular weight excluding hydrogens is 172 g/mol. The van der Waals surface area contributed by atoms with Crippen molar-refractivity contribution in [2.75, 3.05) is 6.54 Å². The van der Waals surface area contributed by atoms with Gasteiger partial charge in [-0.05, 0) is 26.7 Å². The first-order valence-electron chi connectivity index (χ1n) is 5.44. The fraction of sp³-hybridized carbons (Fsp3) is 0.750. The number of aliphatic imine (C=N–C) groups is 1. The van der Waals surface area contributed by atoms with Crippen LogP contribution >= 0.6 is 0 Å². The summed E-state index contributed by atoms with van der Waals surface area (Å²) in [5.41, 5.74) is 1.23. The third-order valence-electron chi connectivity index (χ3n) is 1.65. The Morgan fingerprint density at radius 2 is 1.93 bits per heavy atom. The molecule has 0 saturated heterocycles. The molecule has 0 aromatic carbocycles. The van der Waals surface area contributed by atoms with E-state index in [2.05, 4.69) is 51.0 Å². The molecule has 0 amide bonds. The van der Waals surface area contributed by atoms with Gasteiger partial charge >= 0.3 is 0 Å². The Morgan fingerprint density at radius 1 is 1.29 bits per heavy atom. The summed E-state index contributed by atoms with van der Waals surface area (Å²) >= 11 is 0. The molecule has 0 aliphatic carbocycles. The van der Waals surface area contributed by atoms with Crippen molar-refractivity contribution in [2.24, 2.45) is 10.9 Å². The summed E-state index contributed by atoms with van der Waals surface area (Å²) in [5, 5.41) is 3.34. The van der Waals surface area contributed by atoms with Crippen LogP contribution in [-0.2, 0) is 0 Å². The van der Waals surface area contributed by atoms with E-state index in [0.717, 1.165) is 13.0 Å². The minimum Gasteiger partial charge on any atom is -0.387 e. The lowest BCUT2D eigenvalue weighted by Crippen LogP contribution is -2.20. The Bertz CT molecular complexity index is 190. The summed E-state index contributed by atoms with van der Waals surface area (Å²) in [5.74, 6) is 0.658. The van der Waals surface area contributed by atoms with Gasteiger partial charge in [-0.15, -0.1) is 0 Å². The lowest BCUT2D eigenvalue weighted by Gasteiger charge is -2.09. The normalized spacial score (nSPS) is 13.2. The maximum Gasteiger partial charge on any atom is 0.0408 e. The zero-order valence-corrected chi connectivity index (χ0v) is 10.2. The van der Waals surface area contributed by atoms with E-state index in [0.29, 0.717) is 12.0 Å². The Labute approximate surface area is 88.5 Å². The second kappa shape index (κ2) is 7.60. The van der Waals surface area contributed by atoms with E-state index in [-0.39, 0.29) is 0 Å². The number of allylic oxidation sites excluding steroid dienone is 2. The van der Waals surface area contributed by atoms with Crippen LogP contribution in [0.3, 0.4) is 0 Å². The van der Waals surface area contributed by atoms with Crippen LogP contribution in [0.15, 0.2) is 16.8 Å². The topological polar surface area (TPSA) is 24.4 Å². The van der Waals surface area contributed by atoms with Gasteiger partial charge in [0, 0.05) is 30.9 Å². The summed E-state index contributed by atoms with van der Waals surface area (Å²) in [7, 11) is 0. The van der Waals surface area contributed by atoms with Gasteiger partial charge in [-0.25, -0.2) is 0 Å². The minimum absolute atomic E-state index is 0.513. The molecule has 1 N–H and O–H groups in total. The molecular formula is C12H24N2. The lowest BCUT2D eigenvalue weighted by molar-refractivity contribution is 0.665. The number of rotatable bonds is 6. The van der Waals surface area contributed by atoms with Gasteiger partial charge in [0.05, 0.1) is 0 Å². The van der Waals surface area contributed by atoms with Gasteiger partial charge in [-0.2, -0.15) is 0 Å². The van der Waals surface area contributed by atoms with Crippen LogP contribution in [0.25, 0.3) is 0 Å². The van der Waals surface area contributed by atoms with E-state index >= 15 is 0 Å². The predicted octanol–water partition coefficient (Wildman–Crippen LogP) is 3.01. The van der Waals surface area contributed by atoms with Crippen molar-refractivity contribution in [1.29, 1.82) is 0 Å². The molecule has 82 valence electrons. The Kier molecular flexibility index (Phi) is 7.17. The molecule has 0 rings (SSSR count). The highest BCUT2D eigenvalue weighted by Crippen LogP contribution is 1.94. The van der Waals surface area contributed by atoms with Gasteiger partial charge in [-0.3, -0.25) is 4.99 Å². The second-order valence-corrected chi connectivity index (χ2v) is 4.36. The van der Waals surface area contributed by atoms with Crippen molar-refractivity contribution >= 4 is 6.21 Å². The van der Waals surface area contributed by atoms with E-state index in [1.807, 2.05) is 6.21 Å². The third kappa shape index (κ3) is 9.30. The van der Waals surface area contributed by atoms with E-state index in [9.17, 15) is 0 Å². The maximum absolute atomic E-state index is 4.32. The van der Waals surface area contributed by atoms with Gasteiger partial charge in [0.2, 0.25) is 0 Å². The number of hydrogen-bond acceptors (Lipinski definition) is 2. The van der Waals surface area contributed by atoms with Gasteiger partial charge in [-0.1, -0.05) is 19.9 Å². The zero-order chi connectivity index (χ0) is 11.0. The standard InChI is InChI=1S/C12H24N2/c1-10(2)9-13-8-6-7-12(5)14-11(3)4/h7-8,10-11,14H,6,9H2,1-5H3. The second-order valence-electron chi connectivity index (χ2n) is 4.36. The number of nitrogens with one attached hydrogen (secondary N) is 1. The maximum atomic E-state index is 4.32. The molecule has 0 atom stereocenters. The first-order valence-corrected chi connectivity index (χ1v) is 5.44. The molecule has 2 heteroatoms.